The average molecular weight is 219 g/mol. The number of carbonyl (C=O) groups excluding carboxylic acids is 1. The van der Waals surface area contributed by atoms with E-state index >= 15 is 0 Å². The fourth-order valence-corrected chi connectivity index (χ4v) is 1.71. The molecule has 0 radical (unpaired) electrons. The molecule has 0 saturated carbocycles. The largest absolute Gasteiger partial charge is 0.352 e. The molecule has 0 fully saturated rings. The number of carbonyl (C=O) groups is 1. The van der Waals surface area contributed by atoms with Gasteiger partial charge in [0.2, 0.25) is 0 Å². The minimum absolute atomic E-state index is 0.0280. The summed E-state index contributed by atoms with van der Waals surface area (Å²) >= 11 is 0. The van der Waals surface area contributed by atoms with Crippen LogP contribution >= 0.6 is 0 Å². The van der Waals surface area contributed by atoms with Crippen molar-refractivity contribution < 1.29 is 4.79 Å². The number of para-hydroxylation sites is 1. The number of rotatable bonds is 3. The predicted molar refractivity (Wildman–Crippen MR) is 59.8 cm³/mol. The van der Waals surface area contributed by atoms with E-state index in [4.69, 9.17) is 5.73 Å². The number of hydrogen-bond acceptors (Lipinski definition) is 3. The van der Waals surface area contributed by atoms with Crippen LogP contribution in [0.25, 0.3) is 11.0 Å². The van der Waals surface area contributed by atoms with E-state index in [2.05, 4.69) is 20.7 Å². The fraction of sp³-hybridized carbons (Fsp3) is 0.300. The highest BCUT2D eigenvalue weighted by molar-refractivity contribution is 5.77. The van der Waals surface area contributed by atoms with Gasteiger partial charge in [-0.1, -0.05) is 12.1 Å². The second-order valence-corrected chi connectivity index (χ2v) is 3.72. The van der Waals surface area contributed by atoms with E-state index in [9.17, 15) is 4.79 Å². The van der Waals surface area contributed by atoms with E-state index in [1.165, 1.54) is 0 Å². The standard InChI is InChI=1S/C10H13N5O/c1-6(12-10(11)16)5-7-3-2-4-8-9(7)14-15-13-8/h2-4,6H,5H2,1H3,(H3,11,12,16)(H,13,14,15). The molecule has 0 aliphatic rings. The Balaban J connectivity index is 2.20. The molecule has 1 atom stereocenters. The van der Waals surface area contributed by atoms with Gasteiger partial charge in [-0.3, -0.25) is 0 Å². The van der Waals surface area contributed by atoms with E-state index in [0.29, 0.717) is 6.42 Å². The van der Waals surface area contributed by atoms with Crippen LogP contribution in [0.1, 0.15) is 12.5 Å². The molecular weight excluding hydrogens is 206 g/mol. The van der Waals surface area contributed by atoms with Gasteiger partial charge in [-0.25, -0.2) is 4.79 Å². The third-order valence-corrected chi connectivity index (χ3v) is 2.35. The number of urea groups is 1. The van der Waals surface area contributed by atoms with Crippen LogP contribution in [-0.2, 0) is 6.42 Å². The second kappa shape index (κ2) is 4.18. The van der Waals surface area contributed by atoms with Crippen molar-refractivity contribution in [2.75, 3.05) is 0 Å². The van der Waals surface area contributed by atoms with Gasteiger partial charge in [0, 0.05) is 6.04 Å². The number of benzene rings is 1. The molecule has 6 nitrogen and oxygen atoms in total. The molecule has 2 rings (SSSR count). The Morgan fingerprint density at radius 1 is 1.56 bits per heavy atom. The summed E-state index contributed by atoms with van der Waals surface area (Å²) in [5, 5.41) is 13.3. The lowest BCUT2D eigenvalue weighted by atomic mass is 10.1. The number of fused-ring (bicyclic) bond motifs is 1. The van der Waals surface area contributed by atoms with Crippen molar-refractivity contribution in [2.45, 2.75) is 19.4 Å². The molecule has 0 saturated heterocycles. The van der Waals surface area contributed by atoms with Crippen LogP contribution in [0, 0.1) is 0 Å². The quantitative estimate of drug-likeness (QED) is 0.703. The maximum absolute atomic E-state index is 10.7. The molecule has 4 N–H and O–H groups in total. The molecule has 84 valence electrons. The molecule has 0 aliphatic carbocycles. The van der Waals surface area contributed by atoms with Gasteiger partial charge in [0.25, 0.3) is 0 Å². The van der Waals surface area contributed by atoms with Crippen molar-refractivity contribution in [3.8, 4) is 0 Å². The number of nitrogens with one attached hydrogen (secondary N) is 2. The first-order valence-electron chi connectivity index (χ1n) is 5.01. The van der Waals surface area contributed by atoms with Gasteiger partial charge in [0.15, 0.2) is 0 Å². The van der Waals surface area contributed by atoms with E-state index < -0.39 is 6.03 Å². The minimum Gasteiger partial charge on any atom is -0.352 e. The topological polar surface area (TPSA) is 96.7 Å². The minimum atomic E-state index is -0.514. The Morgan fingerprint density at radius 3 is 3.12 bits per heavy atom. The molecule has 0 bridgehead atoms. The number of primary amides is 1. The summed E-state index contributed by atoms with van der Waals surface area (Å²) in [6, 6.07) is 5.22. The van der Waals surface area contributed by atoms with Gasteiger partial charge in [0.1, 0.15) is 11.0 Å². The summed E-state index contributed by atoms with van der Waals surface area (Å²) < 4.78 is 0. The first-order valence-corrected chi connectivity index (χ1v) is 5.01. The van der Waals surface area contributed by atoms with Crippen molar-refractivity contribution in [2.24, 2.45) is 5.73 Å². The maximum atomic E-state index is 10.7. The van der Waals surface area contributed by atoms with Crippen LogP contribution in [0.15, 0.2) is 18.2 Å². The van der Waals surface area contributed by atoms with Gasteiger partial charge >= 0.3 is 6.03 Å². The van der Waals surface area contributed by atoms with Crippen LogP contribution in [0.4, 0.5) is 4.79 Å². The summed E-state index contributed by atoms with van der Waals surface area (Å²) in [7, 11) is 0. The summed E-state index contributed by atoms with van der Waals surface area (Å²) in [5.74, 6) is 0. The van der Waals surface area contributed by atoms with Gasteiger partial charge in [-0.15, -0.1) is 0 Å². The third-order valence-electron chi connectivity index (χ3n) is 2.35. The zero-order valence-corrected chi connectivity index (χ0v) is 8.90. The number of hydrogen-bond donors (Lipinski definition) is 3. The van der Waals surface area contributed by atoms with E-state index in [1.54, 1.807) is 0 Å². The highest BCUT2D eigenvalue weighted by Gasteiger charge is 2.09. The van der Waals surface area contributed by atoms with Crippen LogP contribution in [0.5, 0.6) is 0 Å². The summed E-state index contributed by atoms with van der Waals surface area (Å²) in [5.41, 5.74) is 7.75. The Hall–Kier alpha value is -2.11. The Labute approximate surface area is 92.2 Å². The van der Waals surface area contributed by atoms with Gasteiger partial charge in [-0.05, 0) is 25.0 Å². The fourth-order valence-electron chi connectivity index (χ4n) is 1.71. The number of amides is 2. The first-order chi connectivity index (χ1) is 7.66. The van der Waals surface area contributed by atoms with Gasteiger partial charge in [-0.2, -0.15) is 15.4 Å². The Kier molecular flexibility index (Phi) is 2.72. The highest BCUT2D eigenvalue weighted by Crippen LogP contribution is 2.15. The molecule has 0 spiro atoms. The summed E-state index contributed by atoms with van der Waals surface area (Å²) in [4.78, 5) is 10.7. The van der Waals surface area contributed by atoms with Gasteiger partial charge < -0.3 is 11.1 Å². The SMILES string of the molecule is CC(Cc1cccc2n[nH]nc12)NC(N)=O. The molecule has 1 aromatic heterocycles. The van der Waals surface area contributed by atoms with E-state index in [0.717, 1.165) is 16.6 Å². The summed E-state index contributed by atoms with van der Waals surface area (Å²) in [6.07, 6.45) is 0.673. The molecule has 1 aromatic carbocycles. The number of H-pyrrole nitrogens is 1. The van der Waals surface area contributed by atoms with E-state index in [1.807, 2.05) is 25.1 Å². The zero-order chi connectivity index (χ0) is 11.5. The van der Waals surface area contributed by atoms with Crippen molar-refractivity contribution in [3.63, 3.8) is 0 Å². The lowest BCUT2D eigenvalue weighted by molar-refractivity contribution is 0.246. The van der Waals surface area contributed by atoms with Crippen LogP contribution in [0.2, 0.25) is 0 Å². The van der Waals surface area contributed by atoms with Crippen molar-refractivity contribution in [1.29, 1.82) is 0 Å². The van der Waals surface area contributed by atoms with Crippen molar-refractivity contribution >= 4 is 17.1 Å². The molecule has 6 heteroatoms. The van der Waals surface area contributed by atoms with Crippen LogP contribution in [-0.4, -0.2) is 27.5 Å². The first kappa shape index (κ1) is 10.4. The third kappa shape index (κ3) is 2.10. The highest BCUT2D eigenvalue weighted by atomic mass is 16.2. The Morgan fingerprint density at radius 2 is 2.38 bits per heavy atom. The van der Waals surface area contributed by atoms with Gasteiger partial charge in [0.05, 0.1) is 0 Å². The van der Waals surface area contributed by atoms with E-state index in [-0.39, 0.29) is 6.04 Å². The monoisotopic (exact) mass is 219 g/mol. The van der Waals surface area contributed by atoms with Crippen LogP contribution < -0.4 is 11.1 Å². The molecule has 16 heavy (non-hydrogen) atoms. The smallest absolute Gasteiger partial charge is 0.312 e. The molecule has 1 unspecified atom stereocenters. The predicted octanol–water partition coefficient (Wildman–Crippen LogP) is 0.557. The van der Waals surface area contributed by atoms with Crippen molar-refractivity contribution in [3.05, 3.63) is 23.8 Å². The number of nitrogens with two attached hydrogens (primary N) is 1. The maximum Gasteiger partial charge on any atom is 0.312 e. The lowest BCUT2D eigenvalue weighted by Gasteiger charge is -2.11. The number of aromatic nitrogens is 3. The molecule has 1 heterocycles. The van der Waals surface area contributed by atoms with Crippen LogP contribution in [0.3, 0.4) is 0 Å². The normalized spacial score (nSPS) is 12.6. The second-order valence-electron chi connectivity index (χ2n) is 3.72. The molecule has 2 amide bonds. The summed E-state index contributed by atoms with van der Waals surface area (Å²) in [6.45, 7) is 1.89. The number of aromatic amines is 1. The lowest BCUT2D eigenvalue weighted by Crippen LogP contribution is -2.37. The molecule has 0 aliphatic heterocycles. The molecular formula is C10H13N5O. The number of nitrogens with zero attached hydrogens (tertiary/aromatic N) is 2. The Bertz CT molecular complexity index is 507. The zero-order valence-electron chi connectivity index (χ0n) is 8.90. The average Bonchev–Trinajstić information content (AvgIpc) is 2.65. The van der Waals surface area contributed by atoms with Crippen molar-refractivity contribution in [1.82, 2.24) is 20.7 Å². The molecule has 2 aromatic rings.